The number of hydrogen-bond donors (Lipinski definition) is 1. The summed E-state index contributed by atoms with van der Waals surface area (Å²) in [6, 6.07) is 13.2. The van der Waals surface area contributed by atoms with Crippen LogP contribution >= 0.6 is 0 Å². The molecule has 0 aliphatic rings. The van der Waals surface area contributed by atoms with E-state index in [0.717, 1.165) is 16.1 Å². The molecule has 6 nitrogen and oxygen atoms in total. The normalized spacial score (nSPS) is 12.3. The molecule has 1 amide bonds. The van der Waals surface area contributed by atoms with Crippen molar-refractivity contribution in [2.24, 2.45) is 0 Å². The highest BCUT2D eigenvalue weighted by Gasteiger charge is 2.31. The van der Waals surface area contributed by atoms with Gasteiger partial charge in [0.05, 0.1) is 24.7 Å². The third-order valence-electron chi connectivity index (χ3n) is 3.98. The highest BCUT2D eigenvalue weighted by atomic mass is 32.2. The first-order valence-electron chi connectivity index (χ1n) is 8.28. The van der Waals surface area contributed by atoms with Crippen LogP contribution in [0.3, 0.4) is 0 Å². The summed E-state index contributed by atoms with van der Waals surface area (Å²) in [6.07, 6.45) is 1.42. The van der Waals surface area contributed by atoms with Crippen LogP contribution in [0.15, 0.2) is 48.5 Å². The summed E-state index contributed by atoms with van der Waals surface area (Å²) in [4.78, 5) is 12.9. The molecule has 2 rings (SSSR count). The lowest BCUT2D eigenvalue weighted by Gasteiger charge is -2.30. The fourth-order valence-corrected chi connectivity index (χ4v) is 3.93. The molecule has 0 radical (unpaired) electrons. The van der Waals surface area contributed by atoms with Crippen LogP contribution in [-0.4, -0.2) is 33.7 Å². The van der Waals surface area contributed by atoms with E-state index >= 15 is 0 Å². The third kappa shape index (κ3) is 4.54. The van der Waals surface area contributed by atoms with Crippen molar-refractivity contribution in [3.8, 4) is 5.75 Å². The van der Waals surface area contributed by atoms with Crippen LogP contribution in [0.5, 0.6) is 5.75 Å². The van der Waals surface area contributed by atoms with Crippen LogP contribution in [0.25, 0.3) is 0 Å². The maximum absolute atomic E-state index is 12.9. The molecule has 26 heavy (non-hydrogen) atoms. The van der Waals surface area contributed by atoms with Gasteiger partial charge in [0.1, 0.15) is 11.8 Å². The molecule has 0 saturated heterocycles. The summed E-state index contributed by atoms with van der Waals surface area (Å²) in [6.45, 7) is 3.69. The molecule has 0 bridgehead atoms. The summed E-state index contributed by atoms with van der Waals surface area (Å²) in [7, 11) is -2.14. The van der Waals surface area contributed by atoms with Crippen molar-refractivity contribution in [2.75, 3.05) is 23.0 Å². The van der Waals surface area contributed by atoms with Crippen molar-refractivity contribution in [1.82, 2.24) is 0 Å². The quantitative estimate of drug-likeness (QED) is 0.805. The number of benzene rings is 2. The molecule has 2 aromatic rings. The highest BCUT2D eigenvalue weighted by molar-refractivity contribution is 7.92. The first-order valence-corrected chi connectivity index (χ1v) is 10.1. The van der Waals surface area contributed by atoms with E-state index in [9.17, 15) is 13.2 Å². The van der Waals surface area contributed by atoms with E-state index in [1.807, 2.05) is 19.1 Å². The Morgan fingerprint density at radius 1 is 1.15 bits per heavy atom. The molecule has 0 aliphatic heterocycles. The molecular weight excluding hydrogens is 352 g/mol. The maximum Gasteiger partial charge on any atom is 0.248 e. The number of carbonyl (C=O) groups excluding carboxylic acids is 1. The average molecular weight is 376 g/mol. The van der Waals surface area contributed by atoms with Crippen LogP contribution in [0.2, 0.25) is 0 Å². The van der Waals surface area contributed by atoms with Gasteiger partial charge in [-0.25, -0.2) is 8.42 Å². The predicted molar refractivity (Wildman–Crippen MR) is 104 cm³/mol. The molecule has 0 fully saturated rings. The minimum atomic E-state index is -3.65. The number of para-hydroxylation sites is 2. The number of methoxy groups -OCH3 is 1. The number of carbonyl (C=O) groups is 1. The molecule has 2 aromatic carbocycles. The van der Waals surface area contributed by atoms with E-state index in [-0.39, 0.29) is 0 Å². The molecule has 7 heteroatoms. The van der Waals surface area contributed by atoms with Gasteiger partial charge in [-0.15, -0.1) is 0 Å². The minimum Gasteiger partial charge on any atom is -0.495 e. The Balaban J connectivity index is 2.38. The number of anilines is 2. The predicted octanol–water partition coefficient (Wildman–Crippen LogP) is 3.19. The zero-order chi connectivity index (χ0) is 19.3. The van der Waals surface area contributed by atoms with Crippen LogP contribution in [0.1, 0.15) is 18.9 Å². The largest absolute Gasteiger partial charge is 0.495 e. The zero-order valence-electron chi connectivity index (χ0n) is 15.4. The standard InChI is InChI=1S/C19H24N2O4S/c1-5-17(19(22)20-16-8-6-7-9-18(16)25-3)21(26(4,23)24)15-12-10-14(2)11-13-15/h6-13,17H,5H2,1-4H3,(H,20,22). The molecule has 1 N–H and O–H groups in total. The van der Waals surface area contributed by atoms with Crippen molar-refractivity contribution in [3.05, 3.63) is 54.1 Å². The molecule has 0 spiro atoms. The van der Waals surface area contributed by atoms with E-state index in [1.54, 1.807) is 43.3 Å². The number of aryl methyl sites for hydroxylation is 1. The number of sulfonamides is 1. The highest BCUT2D eigenvalue weighted by Crippen LogP contribution is 2.26. The molecular formula is C19H24N2O4S. The Hall–Kier alpha value is -2.54. The Morgan fingerprint density at radius 3 is 2.31 bits per heavy atom. The Kier molecular flexibility index (Phi) is 6.26. The lowest BCUT2D eigenvalue weighted by atomic mass is 10.1. The summed E-state index contributed by atoms with van der Waals surface area (Å²) < 4.78 is 31.2. The van der Waals surface area contributed by atoms with Gasteiger partial charge in [-0.2, -0.15) is 0 Å². The lowest BCUT2D eigenvalue weighted by molar-refractivity contribution is -0.117. The second-order valence-electron chi connectivity index (χ2n) is 6.01. The monoisotopic (exact) mass is 376 g/mol. The number of amides is 1. The summed E-state index contributed by atoms with van der Waals surface area (Å²) in [5, 5.41) is 2.78. The van der Waals surface area contributed by atoms with Crippen molar-refractivity contribution in [3.63, 3.8) is 0 Å². The van der Waals surface area contributed by atoms with Crippen molar-refractivity contribution in [2.45, 2.75) is 26.3 Å². The Bertz CT molecular complexity index is 863. The second kappa shape index (κ2) is 8.23. The van der Waals surface area contributed by atoms with Crippen molar-refractivity contribution in [1.29, 1.82) is 0 Å². The van der Waals surface area contributed by atoms with E-state index in [0.29, 0.717) is 23.5 Å². The molecule has 0 aliphatic carbocycles. The smallest absolute Gasteiger partial charge is 0.248 e. The SMILES string of the molecule is CCC(C(=O)Nc1ccccc1OC)N(c1ccc(C)cc1)S(C)(=O)=O. The molecule has 0 aromatic heterocycles. The van der Waals surface area contributed by atoms with Gasteiger partial charge in [-0.1, -0.05) is 36.8 Å². The van der Waals surface area contributed by atoms with E-state index in [2.05, 4.69) is 5.32 Å². The van der Waals surface area contributed by atoms with Crippen LogP contribution in [0.4, 0.5) is 11.4 Å². The number of ether oxygens (including phenoxy) is 1. The van der Waals surface area contributed by atoms with Gasteiger partial charge in [0.15, 0.2) is 0 Å². The van der Waals surface area contributed by atoms with Gasteiger partial charge in [0.2, 0.25) is 15.9 Å². The van der Waals surface area contributed by atoms with E-state index in [4.69, 9.17) is 4.74 Å². The molecule has 0 saturated carbocycles. The van der Waals surface area contributed by atoms with Gasteiger partial charge in [0, 0.05) is 0 Å². The molecule has 1 unspecified atom stereocenters. The number of rotatable bonds is 7. The average Bonchev–Trinajstić information content (AvgIpc) is 2.60. The summed E-state index contributed by atoms with van der Waals surface area (Å²) in [5.74, 6) is 0.0972. The minimum absolute atomic E-state index is 0.321. The van der Waals surface area contributed by atoms with E-state index in [1.165, 1.54) is 7.11 Å². The number of hydrogen-bond acceptors (Lipinski definition) is 4. The van der Waals surface area contributed by atoms with Crippen LogP contribution in [-0.2, 0) is 14.8 Å². The third-order valence-corrected chi connectivity index (χ3v) is 5.16. The fraction of sp³-hybridized carbons (Fsp3) is 0.316. The Morgan fingerprint density at radius 2 is 1.77 bits per heavy atom. The summed E-state index contributed by atoms with van der Waals surface area (Å²) in [5.41, 5.74) is 1.96. The van der Waals surface area contributed by atoms with Gasteiger partial charge < -0.3 is 10.1 Å². The van der Waals surface area contributed by atoms with Gasteiger partial charge in [0.25, 0.3) is 0 Å². The second-order valence-corrected chi connectivity index (χ2v) is 7.87. The van der Waals surface area contributed by atoms with Crippen molar-refractivity contribution >= 4 is 27.3 Å². The van der Waals surface area contributed by atoms with Gasteiger partial charge in [-0.3, -0.25) is 9.10 Å². The molecule has 1 atom stereocenters. The summed E-state index contributed by atoms with van der Waals surface area (Å²) >= 11 is 0. The molecule has 140 valence electrons. The zero-order valence-corrected chi connectivity index (χ0v) is 16.2. The van der Waals surface area contributed by atoms with Gasteiger partial charge in [-0.05, 0) is 37.6 Å². The van der Waals surface area contributed by atoms with Crippen molar-refractivity contribution < 1.29 is 17.9 Å². The van der Waals surface area contributed by atoms with Gasteiger partial charge >= 0.3 is 0 Å². The Labute approximate surface area is 154 Å². The lowest BCUT2D eigenvalue weighted by Crippen LogP contribution is -2.47. The fourth-order valence-electron chi connectivity index (χ4n) is 2.72. The maximum atomic E-state index is 12.9. The number of nitrogens with one attached hydrogen (secondary N) is 1. The first-order chi connectivity index (χ1) is 12.3. The first kappa shape index (κ1) is 19.8. The van der Waals surface area contributed by atoms with E-state index < -0.39 is 22.0 Å². The molecule has 0 heterocycles. The topological polar surface area (TPSA) is 75.7 Å². The van der Waals surface area contributed by atoms with Crippen LogP contribution in [0, 0.1) is 6.92 Å². The van der Waals surface area contributed by atoms with Crippen LogP contribution < -0.4 is 14.4 Å². The number of nitrogens with zero attached hydrogens (tertiary/aromatic N) is 1.